The van der Waals surface area contributed by atoms with Crippen molar-refractivity contribution in [2.45, 2.75) is 96.3 Å². The van der Waals surface area contributed by atoms with Gasteiger partial charge in [0.15, 0.2) is 0 Å². The van der Waals surface area contributed by atoms with Crippen LogP contribution in [-0.4, -0.2) is 6.67 Å². The van der Waals surface area contributed by atoms with E-state index in [1.807, 2.05) is 18.2 Å². The fraction of sp³-hybridized carbons (Fsp3) is 0.613. The van der Waals surface area contributed by atoms with E-state index in [0.29, 0.717) is 17.9 Å². The molecule has 0 atom stereocenters. The molecule has 2 aliphatic carbocycles. The molecule has 0 aliphatic heterocycles. The van der Waals surface area contributed by atoms with Crippen LogP contribution in [-0.2, 0) is 6.42 Å². The van der Waals surface area contributed by atoms with Crippen LogP contribution >= 0.6 is 0 Å². The lowest BCUT2D eigenvalue weighted by molar-refractivity contribution is 0.156. The average Bonchev–Trinajstić information content (AvgIpc) is 2.86. The number of benzene rings is 2. The Bertz CT molecular complexity index is 840. The maximum absolute atomic E-state index is 15.1. The second-order valence-corrected chi connectivity index (χ2v) is 10.8. The molecule has 2 saturated carbocycles. The molecular weight excluding hydrogens is 410 g/mol. The quantitative estimate of drug-likeness (QED) is 0.332. The van der Waals surface area contributed by atoms with Gasteiger partial charge in [0.05, 0.1) is 6.67 Å². The lowest BCUT2D eigenvalue weighted by atomic mass is 9.68. The minimum absolute atomic E-state index is 0.103. The Morgan fingerprint density at radius 1 is 0.788 bits per heavy atom. The van der Waals surface area contributed by atoms with E-state index in [4.69, 9.17) is 0 Å². The van der Waals surface area contributed by atoms with Crippen molar-refractivity contribution in [3.8, 4) is 11.1 Å². The Morgan fingerprint density at radius 2 is 1.45 bits per heavy atom. The Balaban J connectivity index is 1.31. The molecule has 0 nitrogen and oxygen atoms in total. The third kappa shape index (κ3) is 6.46. The maximum Gasteiger partial charge on any atom is 0.131 e. The summed E-state index contributed by atoms with van der Waals surface area (Å²) in [6.07, 6.45) is 16.0. The number of rotatable bonds is 9. The van der Waals surface area contributed by atoms with Crippen LogP contribution in [0.3, 0.4) is 0 Å². The number of hydrogen-bond acceptors (Lipinski definition) is 0. The summed E-state index contributed by atoms with van der Waals surface area (Å²) < 4.78 is 27.4. The normalized spacial score (nSPS) is 25.8. The number of alkyl halides is 1. The molecule has 2 aromatic carbocycles. The molecule has 2 heteroatoms. The monoisotopic (exact) mass is 452 g/mol. The van der Waals surface area contributed by atoms with Gasteiger partial charge in [0.1, 0.15) is 5.82 Å². The first-order valence-corrected chi connectivity index (χ1v) is 13.6. The third-order valence-electron chi connectivity index (χ3n) is 8.61. The topological polar surface area (TPSA) is 0 Å². The number of unbranched alkanes of at least 4 members (excludes halogenated alkanes) is 1. The van der Waals surface area contributed by atoms with E-state index in [0.717, 1.165) is 36.2 Å². The van der Waals surface area contributed by atoms with Gasteiger partial charge in [-0.3, -0.25) is 4.39 Å². The molecule has 0 heterocycles. The van der Waals surface area contributed by atoms with Gasteiger partial charge in [0.2, 0.25) is 0 Å². The molecule has 33 heavy (non-hydrogen) atoms. The first-order valence-electron chi connectivity index (χ1n) is 13.6. The summed E-state index contributed by atoms with van der Waals surface area (Å²) >= 11 is 0. The van der Waals surface area contributed by atoms with Gasteiger partial charge in [-0.25, -0.2) is 4.39 Å². The van der Waals surface area contributed by atoms with Crippen LogP contribution in [0.1, 0.15) is 101 Å². The van der Waals surface area contributed by atoms with E-state index in [2.05, 4.69) is 25.1 Å². The van der Waals surface area contributed by atoms with Gasteiger partial charge in [0.25, 0.3) is 0 Å². The highest BCUT2D eigenvalue weighted by Crippen LogP contribution is 2.44. The van der Waals surface area contributed by atoms with Crippen LogP contribution in [0.2, 0.25) is 0 Å². The molecule has 0 bridgehead atoms. The molecule has 4 rings (SSSR count). The lowest BCUT2D eigenvalue weighted by Gasteiger charge is -2.38. The van der Waals surface area contributed by atoms with E-state index in [-0.39, 0.29) is 12.5 Å². The highest BCUT2D eigenvalue weighted by atomic mass is 19.1. The zero-order chi connectivity index (χ0) is 23.0. The van der Waals surface area contributed by atoms with Crippen molar-refractivity contribution in [2.75, 3.05) is 6.67 Å². The molecule has 2 fully saturated rings. The molecule has 0 N–H and O–H groups in total. The second-order valence-electron chi connectivity index (χ2n) is 10.8. The first kappa shape index (κ1) is 24.4. The van der Waals surface area contributed by atoms with Crippen molar-refractivity contribution < 1.29 is 8.78 Å². The van der Waals surface area contributed by atoms with Crippen molar-refractivity contribution in [1.29, 1.82) is 0 Å². The number of aryl methyl sites for hydroxylation is 1. The Morgan fingerprint density at radius 3 is 2.06 bits per heavy atom. The lowest BCUT2D eigenvalue weighted by Crippen LogP contribution is -2.25. The van der Waals surface area contributed by atoms with Gasteiger partial charge in [0, 0.05) is 5.56 Å². The molecule has 0 saturated heterocycles. The van der Waals surface area contributed by atoms with Gasteiger partial charge in [-0.05, 0) is 104 Å². The summed E-state index contributed by atoms with van der Waals surface area (Å²) in [5.74, 6) is 3.24. The minimum atomic E-state index is -0.253. The molecular formula is C31H42F2. The summed E-state index contributed by atoms with van der Waals surface area (Å²) in [4.78, 5) is 0. The third-order valence-corrected chi connectivity index (χ3v) is 8.61. The predicted molar refractivity (Wildman–Crippen MR) is 136 cm³/mol. The minimum Gasteiger partial charge on any atom is -0.251 e. The SMILES string of the molecule is CCC[C@H]1CC[C@H](C2CCC(c3ccc(-c4ccc(CCCCF)cc4)c(F)c3)CC2)CC1. The number of halogens is 2. The first-order chi connectivity index (χ1) is 16.2. The molecule has 2 aromatic rings. The summed E-state index contributed by atoms with van der Waals surface area (Å²) in [5.41, 5.74) is 3.99. The Labute approximate surface area is 200 Å². The summed E-state index contributed by atoms with van der Waals surface area (Å²) in [6, 6.07) is 14.0. The Hall–Kier alpha value is -1.70. The van der Waals surface area contributed by atoms with E-state index < -0.39 is 0 Å². The molecule has 0 radical (unpaired) electrons. The van der Waals surface area contributed by atoms with E-state index in [1.165, 1.54) is 75.3 Å². The van der Waals surface area contributed by atoms with Crippen molar-refractivity contribution in [3.05, 3.63) is 59.4 Å². The van der Waals surface area contributed by atoms with Crippen LogP contribution in [0.4, 0.5) is 8.78 Å². The average molecular weight is 453 g/mol. The van der Waals surface area contributed by atoms with Gasteiger partial charge >= 0.3 is 0 Å². The van der Waals surface area contributed by atoms with Crippen LogP contribution in [0, 0.1) is 23.6 Å². The van der Waals surface area contributed by atoms with Gasteiger partial charge in [-0.2, -0.15) is 0 Å². The van der Waals surface area contributed by atoms with E-state index >= 15 is 4.39 Å². The fourth-order valence-electron chi connectivity index (χ4n) is 6.57. The maximum atomic E-state index is 15.1. The molecule has 2 aliphatic rings. The zero-order valence-electron chi connectivity index (χ0n) is 20.5. The van der Waals surface area contributed by atoms with E-state index in [9.17, 15) is 4.39 Å². The van der Waals surface area contributed by atoms with Crippen molar-refractivity contribution in [2.24, 2.45) is 17.8 Å². The van der Waals surface area contributed by atoms with Gasteiger partial charge in [-0.1, -0.05) is 69.0 Å². The molecule has 0 aromatic heterocycles. The highest BCUT2D eigenvalue weighted by Gasteiger charge is 2.31. The summed E-state index contributed by atoms with van der Waals surface area (Å²) in [5, 5.41) is 0. The van der Waals surface area contributed by atoms with Gasteiger partial charge in [-0.15, -0.1) is 0 Å². The molecule has 0 amide bonds. The largest absolute Gasteiger partial charge is 0.251 e. The molecule has 0 unspecified atom stereocenters. The smallest absolute Gasteiger partial charge is 0.131 e. The van der Waals surface area contributed by atoms with Crippen LogP contribution in [0.15, 0.2) is 42.5 Å². The highest BCUT2D eigenvalue weighted by molar-refractivity contribution is 5.65. The van der Waals surface area contributed by atoms with Crippen molar-refractivity contribution in [3.63, 3.8) is 0 Å². The standard InChI is InChI=1S/C31H42F2/c1-2-5-23-7-11-25(12-8-23)26-15-17-27(18-16-26)29-19-20-30(31(33)22-29)28-13-9-24(10-14-28)6-3-4-21-32/h9-10,13-14,19-20,22-23,25-27H,2-8,11-12,15-18,21H2,1H3/t23-,25-,26?,27?. The van der Waals surface area contributed by atoms with Crippen molar-refractivity contribution in [1.82, 2.24) is 0 Å². The fourth-order valence-corrected chi connectivity index (χ4v) is 6.57. The Kier molecular flexibility index (Phi) is 8.98. The second kappa shape index (κ2) is 12.1. The molecule has 180 valence electrons. The number of hydrogen-bond donors (Lipinski definition) is 0. The van der Waals surface area contributed by atoms with Crippen LogP contribution in [0.5, 0.6) is 0 Å². The predicted octanol–water partition coefficient (Wildman–Crippen LogP) is 9.67. The van der Waals surface area contributed by atoms with Crippen LogP contribution < -0.4 is 0 Å². The van der Waals surface area contributed by atoms with Gasteiger partial charge < -0.3 is 0 Å². The van der Waals surface area contributed by atoms with Crippen LogP contribution in [0.25, 0.3) is 11.1 Å². The summed E-state index contributed by atoms with van der Waals surface area (Å²) in [7, 11) is 0. The molecule has 0 spiro atoms. The van der Waals surface area contributed by atoms with E-state index in [1.54, 1.807) is 6.07 Å². The summed E-state index contributed by atoms with van der Waals surface area (Å²) in [6.45, 7) is 2.06. The van der Waals surface area contributed by atoms with Crippen molar-refractivity contribution >= 4 is 0 Å². The zero-order valence-corrected chi connectivity index (χ0v) is 20.5.